The third-order valence-corrected chi connectivity index (χ3v) is 6.77. The molecule has 0 unspecified atom stereocenters. The Kier molecular flexibility index (Phi) is 6.01. The van der Waals surface area contributed by atoms with E-state index < -0.39 is 33.0 Å². The summed E-state index contributed by atoms with van der Waals surface area (Å²) in [6.07, 6.45) is 2.50. The number of benzene rings is 1. The maximum atomic E-state index is 12.7. The minimum Gasteiger partial charge on any atom is -0.324 e. The first-order valence-corrected chi connectivity index (χ1v) is 10.4. The van der Waals surface area contributed by atoms with Crippen molar-refractivity contribution >= 4 is 38.9 Å². The quantitative estimate of drug-likeness (QED) is 0.538. The molecule has 1 saturated heterocycles. The summed E-state index contributed by atoms with van der Waals surface area (Å²) in [6.45, 7) is 0.341. The van der Waals surface area contributed by atoms with E-state index in [0.29, 0.717) is 13.1 Å². The fraction of sp³-hybridized carbons (Fsp3) is 0.294. The molecule has 0 spiro atoms. The van der Waals surface area contributed by atoms with Crippen LogP contribution in [0.1, 0.15) is 12.8 Å². The van der Waals surface area contributed by atoms with Crippen molar-refractivity contribution in [3.8, 4) is 0 Å². The molecule has 29 heavy (non-hydrogen) atoms. The molecule has 0 saturated carbocycles. The van der Waals surface area contributed by atoms with Crippen LogP contribution in [0.15, 0.2) is 46.2 Å². The Morgan fingerprint density at radius 3 is 2.55 bits per heavy atom. The van der Waals surface area contributed by atoms with E-state index in [-0.39, 0.29) is 21.3 Å². The Hall–Kier alpha value is -2.76. The molecule has 1 aromatic heterocycles. The van der Waals surface area contributed by atoms with E-state index in [1.807, 2.05) is 0 Å². The molecule has 1 amide bonds. The third-order valence-electron chi connectivity index (χ3n) is 4.39. The van der Waals surface area contributed by atoms with E-state index in [0.717, 1.165) is 35.7 Å². The fourth-order valence-electron chi connectivity index (χ4n) is 2.95. The highest BCUT2D eigenvalue weighted by Crippen LogP contribution is 2.29. The largest absolute Gasteiger partial charge is 0.324 e. The first kappa shape index (κ1) is 21.0. The van der Waals surface area contributed by atoms with Gasteiger partial charge in [0.25, 0.3) is 11.2 Å². The highest BCUT2D eigenvalue weighted by molar-refractivity contribution is 7.89. The van der Waals surface area contributed by atoms with E-state index in [4.69, 9.17) is 11.6 Å². The summed E-state index contributed by atoms with van der Waals surface area (Å²) in [5.74, 6) is -0.653. The molecule has 2 aromatic rings. The molecule has 0 atom stereocenters. The standard InChI is InChI=1S/C17H17ClN4O6S/c18-14-5-3-12(9-15(14)29(27,28)21-7-1-2-8-21)19-16(23)11-20-10-13(22(25)26)4-6-17(20)24/h3-6,9-10H,1-2,7-8,11H2,(H,19,23). The molecule has 0 aliphatic carbocycles. The smallest absolute Gasteiger partial charge is 0.285 e. The molecule has 154 valence electrons. The van der Waals surface area contributed by atoms with Gasteiger partial charge in [0, 0.05) is 30.9 Å². The number of hydrogen-bond acceptors (Lipinski definition) is 6. The van der Waals surface area contributed by atoms with Crippen LogP contribution in [0.4, 0.5) is 11.4 Å². The topological polar surface area (TPSA) is 132 Å². The van der Waals surface area contributed by atoms with E-state index >= 15 is 0 Å². The lowest BCUT2D eigenvalue weighted by molar-refractivity contribution is -0.385. The van der Waals surface area contributed by atoms with Crippen molar-refractivity contribution in [2.24, 2.45) is 0 Å². The molecule has 3 rings (SSSR count). The van der Waals surface area contributed by atoms with Gasteiger partial charge in [-0.05, 0) is 31.0 Å². The maximum absolute atomic E-state index is 12.7. The van der Waals surface area contributed by atoms with Gasteiger partial charge in [-0.25, -0.2) is 8.42 Å². The minimum absolute atomic E-state index is 0.0322. The summed E-state index contributed by atoms with van der Waals surface area (Å²) in [5, 5.41) is 13.3. The van der Waals surface area contributed by atoms with Crippen molar-refractivity contribution < 1.29 is 18.1 Å². The lowest BCUT2D eigenvalue weighted by Crippen LogP contribution is -2.28. The van der Waals surface area contributed by atoms with Gasteiger partial charge in [0.2, 0.25) is 15.9 Å². The van der Waals surface area contributed by atoms with E-state index in [1.165, 1.54) is 22.5 Å². The van der Waals surface area contributed by atoms with Crippen LogP contribution in [0.25, 0.3) is 0 Å². The number of anilines is 1. The summed E-state index contributed by atoms with van der Waals surface area (Å²) >= 11 is 6.07. The molecule has 0 bridgehead atoms. The lowest BCUT2D eigenvalue weighted by Gasteiger charge is -2.17. The SMILES string of the molecule is O=C(Cn1cc([N+](=O)[O-])ccc1=O)Nc1ccc(Cl)c(S(=O)(=O)N2CCCC2)c1. The molecule has 1 N–H and O–H groups in total. The molecule has 1 aromatic carbocycles. The number of halogens is 1. The highest BCUT2D eigenvalue weighted by atomic mass is 35.5. The van der Waals surface area contributed by atoms with E-state index in [2.05, 4.69) is 5.32 Å². The molecule has 1 fully saturated rings. The lowest BCUT2D eigenvalue weighted by atomic mass is 10.3. The highest BCUT2D eigenvalue weighted by Gasteiger charge is 2.29. The van der Waals surface area contributed by atoms with Gasteiger partial charge in [-0.2, -0.15) is 4.31 Å². The van der Waals surface area contributed by atoms with Crippen LogP contribution in [-0.2, 0) is 21.4 Å². The van der Waals surface area contributed by atoms with Gasteiger partial charge in [0.05, 0.1) is 16.1 Å². The van der Waals surface area contributed by atoms with Gasteiger partial charge in [0.1, 0.15) is 11.4 Å². The van der Waals surface area contributed by atoms with Crippen LogP contribution >= 0.6 is 11.6 Å². The Morgan fingerprint density at radius 1 is 1.21 bits per heavy atom. The third kappa shape index (κ3) is 4.63. The van der Waals surface area contributed by atoms with Crippen LogP contribution < -0.4 is 10.9 Å². The molecule has 1 aliphatic heterocycles. The first-order chi connectivity index (χ1) is 13.7. The van der Waals surface area contributed by atoms with Crippen molar-refractivity contribution in [3.05, 3.63) is 62.0 Å². The number of rotatable bonds is 6. The summed E-state index contributed by atoms with van der Waals surface area (Å²) in [4.78, 5) is 34.1. The van der Waals surface area contributed by atoms with Crippen LogP contribution in [-0.4, -0.2) is 41.2 Å². The molecule has 2 heterocycles. The predicted molar refractivity (Wildman–Crippen MR) is 105 cm³/mol. The number of amides is 1. The number of nitrogens with one attached hydrogen (secondary N) is 1. The maximum Gasteiger partial charge on any atom is 0.285 e. The molecule has 1 aliphatic rings. The van der Waals surface area contributed by atoms with Gasteiger partial charge in [-0.1, -0.05) is 11.6 Å². The average molecular weight is 441 g/mol. The van der Waals surface area contributed by atoms with E-state index in [9.17, 15) is 28.1 Å². The molecule has 12 heteroatoms. The zero-order valence-corrected chi connectivity index (χ0v) is 16.6. The molecule has 0 radical (unpaired) electrons. The summed E-state index contributed by atoms with van der Waals surface area (Å²) in [6, 6.07) is 6.09. The van der Waals surface area contributed by atoms with Crippen LogP contribution in [0, 0.1) is 10.1 Å². The summed E-state index contributed by atoms with van der Waals surface area (Å²) in [5.41, 5.74) is -0.738. The second kappa shape index (κ2) is 8.31. The van der Waals surface area contributed by atoms with Gasteiger partial charge in [-0.3, -0.25) is 24.3 Å². The van der Waals surface area contributed by atoms with Gasteiger partial charge < -0.3 is 5.32 Å². The van der Waals surface area contributed by atoms with Crippen LogP contribution in [0.3, 0.4) is 0 Å². The molecule has 10 nitrogen and oxygen atoms in total. The number of hydrogen-bond donors (Lipinski definition) is 1. The zero-order valence-electron chi connectivity index (χ0n) is 15.1. The van der Waals surface area contributed by atoms with Crippen LogP contribution in [0.2, 0.25) is 5.02 Å². The first-order valence-electron chi connectivity index (χ1n) is 8.63. The number of sulfonamides is 1. The number of carbonyl (C=O) groups excluding carboxylic acids is 1. The number of pyridine rings is 1. The normalized spacial score (nSPS) is 14.7. The Balaban J connectivity index is 1.81. The fourth-order valence-corrected chi connectivity index (χ4v) is 4.97. The van der Waals surface area contributed by atoms with Crippen molar-refractivity contribution in [2.45, 2.75) is 24.3 Å². The molecular weight excluding hydrogens is 424 g/mol. The summed E-state index contributed by atoms with van der Waals surface area (Å²) in [7, 11) is -3.79. The second-order valence-electron chi connectivity index (χ2n) is 6.42. The Labute approximate surface area is 170 Å². The van der Waals surface area contributed by atoms with Crippen molar-refractivity contribution in [3.63, 3.8) is 0 Å². The predicted octanol–water partition coefficient (Wildman–Crippen LogP) is 1.83. The van der Waals surface area contributed by atoms with E-state index in [1.54, 1.807) is 0 Å². The van der Waals surface area contributed by atoms with Crippen molar-refractivity contribution in [2.75, 3.05) is 18.4 Å². The second-order valence-corrected chi connectivity index (χ2v) is 8.73. The van der Waals surface area contributed by atoms with Gasteiger partial charge in [-0.15, -0.1) is 0 Å². The average Bonchev–Trinajstić information content (AvgIpc) is 3.20. The van der Waals surface area contributed by atoms with Crippen LogP contribution in [0.5, 0.6) is 0 Å². The van der Waals surface area contributed by atoms with Crippen molar-refractivity contribution in [1.29, 1.82) is 0 Å². The number of nitro groups is 1. The van der Waals surface area contributed by atoms with Crippen molar-refractivity contribution in [1.82, 2.24) is 8.87 Å². The Bertz CT molecular complexity index is 1120. The number of carbonyl (C=O) groups is 1. The minimum atomic E-state index is -3.79. The summed E-state index contributed by atoms with van der Waals surface area (Å²) < 4.78 is 27.7. The number of nitrogens with zero attached hydrogens (tertiary/aromatic N) is 3. The molecular formula is C17H17ClN4O6S. The number of aromatic nitrogens is 1. The van der Waals surface area contributed by atoms with Gasteiger partial charge in [0.15, 0.2) is 0 Å². The zero-order chi connectivity index (χ0) is 21.2. The van der Waals surface area contributed by atoms with Gasteiger partial charge >= 0.3 is 0 Å². The monoisotopic (exact) mass is 440 g/mol. The Morgan fingerprint density at radius 2 is 1.90 bits per heavy atom.